The molecule has 24 heavy (non-hydrogen) atoms. The third-order valence-corrected chi connectivity index (χ3v) is 5.93. The molecule has 0 bridgehead atoms. The van der Waals surface area contributed by atoms with Crippen LogP contribution in [0.1, 0.15) is 12.8 Å². The maximum atomic E-state index is 11.6. The molecule has 0 amide bonds. The van der Waals surface area contributed by atoms with Crippen LogP contribution < -0.4 is 4.90 Å². The van der Waals surface area contributed by atoms with Gasteiger partial charge in [-0.2, -0.15) is 0 Å². The first kappa shape index (κ1) is 16.9. The zero-order valence-electron chi connectivity index (χ0n) is 14.0. The second-order valence-corrected chi connectivity index (χ2v) is 8.18. The Hall–Kier alpha value is -1.99. The highest BCUT2D eigenvalue weighted by molar-refractivity contribution is 7.88. The summed E-state index contributed by atoms with van der Waals surface area (Å²) in [7, 11) is -1.46. The molecule has 3 heterocycles. The van der Waals surface area contributed by atoms with Crippen molar-refractivity contribution in [3.05, 3.63) is 42.9 Å². The molecule has 6 nitrogen and oxygen atoms in total. The molecule has 0 radical (unpaired) electrons. The van der Waals surface area contributed by atoms with Gasteiger partial charge in [0.2, 0.25) is 10.0 Å². The lowest BCUT2D eigenvalue weighted by Gasteiger charge is -2.36. The number of pyridine rings is 2. The van der Waals surface area contributed by atoms with Crippen molar-refractivity contribution in [2.75, 3.05) is 31.3 Å². The Morgan fingerprint density at radius 2 is 1.75 bits per heavy atom. The van der Waals surface area contributed by atoms with E-state index in [2.05, 4.69) is 20.9 Å². The SMILES string of the molecule is CN(C1CCN(c2ccc(-c3ccncc3)cn2)CC1)S(C)(=O)=O. The predicted molar refractivity (Wildman–Crippen MR) is 95.3 cm³/mol. The van der Waals surface area contributed by atoms with E-state index in [1.165, 1.54) is 10.6 Å². The lowest BCUT2D eigenvalue weighted by molar-refractivity contribution is 0.313. The maximum absolute atomic E-state index is 11.6. The Morgan fingerprint density at radius 3 is 2.29 bits per heavy atom. The van der Waals surface area contributed by atoms with Gasteiger partial charge in [-0.25, -0.2) is 17.7 Å². The summed E-state index contributed by atoms with van der Waals surface area (Å²) < 4.78 is 24.8. The van der Waals surface area contributed by atoms with Gasteiger partial charge in [0.05, 0.1) is 6.26 Å². The van der Waals surface area contributed by atoms with E-state index in [9.17, 15) is 8.42 Å². The van der Waals surface area contributed by atoms with Crippen LogP contribution >= 0.6 is 0 Å². The minimum absolute atomic E-state index is 0.0762. The Kier molecular flexibility index (Phi) is 4.82. The molecule has 1 saturated heterocycles. The Bertz CT molecular complexity index is 770. The van der Waals surface area contributed by atoms with Gasteiger partial charge in [-0.3, -0.25) is 4.98 Å². The third-order valence-electron chi connectivity index (χ3n) is 4.59. The van der Waals surface area contributed by atoms with Crippen LogP contribution in [0.25, 0.3) is 11.1 Å². The average molecular weight is 346 g/mol. The highest BCUT2D eigenvalue weighted by Gasteiger charge is 2.27. The topological polar surface area (TPSA) is 66.4 Å². The Labute approximate surface area is 143 Å². The van der Waals surface area contributed by atoms with Gasteiger partial charge in [0.15, 0.2) is 0 Å². The van der Waals surface area contributed by atoms with Crippen molar-refractivity contribution >= 4 is 15.8 Å². The minimum Gasteiger partial charge on any atom is -0.357 e. The molecule has 1 aliphatic rings. The predicted octanol–water partition coefficient (Wildman–Crippen LogP) is 2.00. The number of hydrogen-bond donors (Lipinski definition) is 0. The van der Waals surface area contributed by atoms with Crippen LogP contribution in [0.5, 0.6) is 0 Å². The molecular formula is C17H22N4O2S. The molecule has 128 valence electrons. The van der Waals surface area contributed by atoms with E-state index in [-0.39, 0.29) is 6.04 Å². The van der Waals surface area contributed by atoms with Gasteiger partial charge >= 0.3 is 0 Å². The van der Waals surface area contributed by atoms with E-state index in [1.54, 1.807) is 19.4 Å². The van der Waals surface area contributed by atoms with E-state index in [1.807, 2.05) is 24.4 Å². The van der Waals surface area contributed by atoms with Crippen LogP contribution in [-0.2, 0) is 10.0 Å². The lowest BCUT2D eigenvalue weighted by atomic mass is 10.1. The standard InChI is InChI=1S/C17H22N4O2S/c1-20(24(2,22)23)16-7-11-21(12-8-16)17-4-3-15(13-19-17)14-5-9-18-10-6-14/h3-6,9-10,13,16H,7-8,11-12H2,1-2H3. The summed E-state index contributed by atoms with van der Waals surface area (Å²) in [5.74, 6) is 0.938. The van der Waals surface area contributed by atoms with E-state index in [0.29, 0.717) is 0 Å². The van der Waals surface area contributed by atoms with E-state index < -0.39 is 10.0 Å². The van der Waals surface area contributed by atoms with Gasteiger partial charge in [-0.1, -0.05) is 0 Å². The summed E-state index contributed by atoms with van der Waals surface area (Å²) in [5, 5.41) is 0. The second kappa shape index (κ2) is 6.86. The summed E-state index contributed by atoms with van der Waals surface area (Å²) in [6.45, 7) is 1.62. The summed E-state index contributed by atoms with van der Waals surface area (Å²) in [6.07, 6.45) is 8.31. The highest BCUT2D eigenvalue weighted by atomic mass is 32.2. The summed E-state index contributed by atoms with van der Waals surface area (Å²) in [6, 6.07) is 8.09. The van der Waals surface area contributed by atoms with Gasteiger partial charge < -0.3 is 4.90 Å². The number of piperidine rings is 1. The quantitative estimate of drug-likeness (QED) is 0.847. The number of rotatable bonds is 4. The van der Waals surface area contributed by atoms with Crippen LogP contribution in [0.3, 0.4) is 0 Å². The van der Waals surface area contributed by atoms with E-state index >= 15 is 0 Å². The zero-order chi connectivity index (χ0) is 17.2. The number of nitrogens with zero attached hydrogens (tertiary/aromatic N) is 4. The number of sulfonamides is 1. The minimum atomic E-state index is -3.13. The van der Waals surface area contributed by atoms with Gasteiger partial charge in [0, 0.05) is 50.3 Å². The van der Waals surface area contributed by atoms with Crippen molar-refractivity contribution < 1.29 is 8.42 Å². The lowest BCUT2D eigenvalue weighted by Crippen LogP contribution is -2.45. The Morgan fingerprint density at radius 1 is 1.08 bits per heavy atom. The normalized spacial score (nSPS) is 16.5. The zero-order valence-corrected chi connectivity index (χ0v) is 14.8. The smallest absolute Gasteiger partial charge is 0.211 e. The van der Waals surface area contributed by atoms with Gasteiger partial charge in [0.25, 0.3) is 0 Å². The van der Waals surface area contributed by atoms with Crippen molar-refractivity contribution in [2.45, 2.75) is 18.9 Å². The van der Waals surface area contributed by atoms with Gasteiger partial charge in [0.1, 0.15) is 5.82 Å². The molecule has 0 unspecified atom stereocenters. The summed E-state index contributed by atoms with van der Waals surface area (Å²) >= 11 is 0. The fourth-order valence-corrected chi connectivity index (χ4v) is 3.77. The Balaban J connectivity index is 1.65. The third kappa shape index (κ3) is 3.73. The first-order chi connectivity index (χ1) is 11.4. The van der Waals surface area contributed by atoms with Gasteiger partial charge in [-0.15, -0.1) is 0 Å². The molecule has 2 aromatic rings. The molecule has 0 saturated carbocycles. The molecule has 0 aromatic carbocycles. The fraction of sp³-hybridized carbons (Fsp3) is 0.412. The number of anilines is 1. The second-order valence-electron chi connectivity index (χ2n) is 6.14. The molecule has 0 atom stereocenters. The van der Waals surface area contributed by atoms with Crippen LogP contribution in [0.4, 0.5) is 5.82 Å². The van der Waals surface area contributed by atoms with Gasteiger partial charge in [-0.05, 0) is 42.7 Å². The average Bonchev–Trinajstić information content (AvgIpc) is 2.61. The molecule has 0 N–H and O–H groups in total. The summed E-state index contributed by atoms with van der Waals surface area (Å²) in [4.78, 5) is 10.8. The largest absolute Gasteiger partial charge is 0.357 e. The molecular weight excluding hydrogens is 324 g/mol. The van der Waals surface area contributed by atoms with E-state index in [0.717, 1.165) is 42.9 Å². The number of hydrogen-bond acceptors (Lipinski definition) is 5. The van der Waals surface area contributed by atoms with Crippen molar-refractivity contribution in [2.24, 2.45) is 0 Å². The summed E-state index contributed by atoms with van der Waals surface area (Å²) in [5.41, 5.74) is 2.16. The van der Waals surface area contributed by atoms with Crippen molar-refractivity contribution in [1.29, 1.82) is 0 Å². The fourth-order valence-electron chi connectivity index (χ4n) is 3.02. The highest BCUT2D eigenvalue weighted by Crippen LogP contribution is 2.24. The monoisotopic (exact) mass is 346 g/mol. The molecule has 3 rings (SSSR count). The number of aromatic nitrogens is 2. The maximum Gasteiger partial charge on any atom is 0.211 e. The first-order valence-corrected chi connectivity index (χ1v) is 9.84. The molecule has 0 aliphatic carbocycles. The first-order valence-electron chi connectivity index (χ1n) is 7.99. The molecule has 1 fully saturated rings. The van der Waals surface area contributed by atoms with Crippen LogP contribution in [0.15, 0.2) is 42.9 Å². The van der Waals surface area contributed by atoms with Crippen LogP contribution in [-0.4, -0.2) is 55.1 Å². The van der Waals surface area contributed by atoms with E-state index in [4.69, 9.17) is 0 Å². The van der Waals surface area contributed by atoms with Crippen LogP contribution in [0.2, 0.25) is 0 Å². The molecule has 7 heteroatoms. The van der Waals surface area contributed by atoms with Crippen molar-refractivity contribution in [3.63, 3.8) is 0 Å². The molecule has 0 spiro atoms. The van der Waals surface area contributed by atoms with Crippen molar-refractivity contribution in [3.8, 4) is 11.1 Å². The molecule has 1 aliphatic heterocycles. The van der Waals surface area contributed by atoms with Crippen molar-refractivity contribution in [1.82, 2.24) is 14.3 Å². The van der Waals surface area contributed by atoms with Crippen LogP contribution in [0, 0.1) is 0 Å². The molecule has 2 aromatic heterocycles.